The Morgan fingerprint density at radius 2 is 1.90 bits per heavy atom. The Kier molecular flexibility index (Phi) is 4.21. The number of nitrogens with zero attached hydrogens (tertiary/aromatic N) is 1. The summed E-state index contributed by atoms with van der Waals surface area (Å²) in [6.45, 7) is 1.39. The zero-order valence-corrected chi connectivity index (χ0v) is 10.8. The lowest BCUT2D eigenvalue weighted by Crippen LogP contribution is -2.28. The van der Waals surface area contributed by atoms with E-state index in [1.165, 1.54) is 6.92 Å². The van der Waals surface area contributed by atoms with Crippen molar-refractivity contribution in [2.45, 2.75) is 13.0 Å². The highest BCUT2D eigenvalue weighted by Crippen LogP contribution is 2.19. The van der Waals surface area contributed by atoms with Gasteiger partial charge < -0.3 is 5.32 Å². The number of carbonyl (C=O) groups excluding carboxylic acids is 1. The zero-order chi connectivity index (χ0) is 15.6. The molecule has 0 spiro atoms. The smallest absolute Gasteiger partial charge is 0.254 e. The second-order valence-corrected chi connectivity index (χ2v) is 4.32. The molecule has 7 heteroatoms. The number of benzene rings is 1. The van der Waals surface area contributed by atoms with E-state index >= 15 is 0 Å². The molecule has 1 aromatic heterocycles. The summed E-state index contributed by atoms with van der Waals surface area (Å²) >= 11 is 0. The molecule has 1 heterocycles. The van der Waals surface area contributed by atoms with Gasteiger partial charge in [-0.05, 0) is 31.2 Å². The molecular weight excluding hydrogens is 288 g/mol. The first-order chi connectivity index (χ1) is 9.90. The summed E-state index contributed by atoms with van der Waals surface area (Å²) in [5.74, 6) is -5.15. The molecule has 1 unspecified atom stereocenters. The molecule has 0 saturated carbocycles. The summed E-state index contributed by atoms with van der Waals surface area (Å²) in [4.78, 5) is 14.9. The molecular formula is C14H10F4N2O. The Hall–Kier alpha value is -2.44. The van der Waals surface area contributed by atoms with E-state index in [1.807, 2.05) is 0 Å². The van der Waals surface area contributed by atoms with Crippen LogP contribution in [0.3, 0.4) is 0 Å². The fourth-order valence-electron chi connectivity index (χ4n) is 1.79. The molecule has 1 N–H and O–H groups in total. The molecule has 1 atom stereocenters. The van der Waals surface area contributed by atoms with Crippen molar-refractivity contribution < 1.29 is 22.4 Å². The van der Waals surface area contributed by atoms with Crippen LogP contribution in [-0.4, -0.2) is 10.9 Å². The third-order valence-corrected chi connectivity index (χ3v) is 2.86. The van der Waals surface area contributed by atoms with Crippen LogP contribution < -0.4 is 5.32 Å². The van der Waals surface area contributed by atoms with Crippen molar-refractivity contribution in [3.05, 3.63) is 65.0 Å². The minimum atomic E-state index is -1.41. The third kappa shape index (κ3) is 3.18. The first kappa shape index (κ1) is 15.0. The predicted octanol–water partition coefficient (Wildman–Crippen LogP) is 3.13. The monoisotopic (exact) mass is 298 g/mol. The quantitative estimate of drug-likeness (QED) is 0.699. The molecule has 1 aromatic carbocycles. The van der Waals surface area contributed by atoms with Crippen molar-refractivity contribution in [3.8, 4) is 0 Å². The van der Waals surface area contributed by atoms with E-state index in [1.54, 1.807) is 0 Å². The number of carbonyl (C=O) groups is 1. The lowest BCUT2D eigenvalue weighted by atomic mass is 10.1. The Morgan fingerprint density at radius 1 is 1.19 bits per heavy atom. The molecule has 0 bridgehead atoms. The van der Waals surface area contributed by atoms with Gasteiger partial charge in [0.1, 0.15) is 11.6 Å². The van der Waals surface area contributed by atoms with E-state index in [9.17, 15) is 22.4 Å². The van der Waals surface area contributed by atoms with E-state index in [2.05, 4.69) is 10.3 Å². The van der Waals surface area contributed by atoms with Gasteiger partial charge in [0.25, 0.3) is 5.91 Å². The standard InChI is InChI=1S/C14H10F4N2O/c1-7(10-6-8(15)2-3-11(10)16)20-14(21)9-4-5-19-13(18)12(9)17/h2-7H,1H3,(H,20,21). The van der Waals surface area contributed by atoms with Crippen LogP contribution in [0.5, 0.6) is 0 Å². The highest BCUT2D eigenvalue weighted by molar-refractivity contribution is 5.94. The summed E-state index contributed by atoms with van der Waals surface area (Å²) in [5.41, 5.74) is -0.663. The fourth-order valence-corrected chi connectivity index (χ4v) is 1.79. The van der Waals surface area contributed by atoms with Crippen LogP contribution in [0.25, 0.3) is 0 Å². The molecule has 2 aromatic rings. The average molecular weight is 298 g/mol. The number of rotatable bonds is 3. The maximum Gasteiger partial charge on any atom is 0.254 e. The SMILES string of the molecule is CC(NC(=O)c1ccnc(F)c1F)c1cc(F)ccc1F. The van der Waals surface area contributed by atoms with Gasteiger partial charge in [-0.15, -0.1) is 0 Å². The van der Waals surface area contributed by atoms with Gasteiger partial charge in [0.2, 0.25) is 5.95 Å². The highest BCUT2D eigenvalue weighted by Gasteiger charge is 2.20. The van der Waals surface area contributed by atoms with Crippen molar-refractivity contribution in [3.63, 3.8) is 0 Å². The van der Waals surface area contributed by atoms with Gasteiger partial charge in [-0.3, -0.25) is 4.79 Å². The number of halogens is 4. The normalized spacial score (nSPS) is 12.0. The number of aromatic nitrogens is 1. The molecule has 2 rings (SSSR count). The summed E-state index contributed by atoms with van der Waals surface area (Å²) in [7, 11) is 0. The number of amides is 1. The van der Waals surface area contributed by atoms with Gasteiger partial charge >= 0.3 is 0 Å². The van der Waals surface area contributed by atoms with Gasteiger partial charge in [0.05, 0.1) is 11.6 Å². The van der Waals surface area contributed by atoms with Gasteiger partial charge in [0.15, 0.2) is 5.82 Å². The van der Waals surface area contributed by atoms with Gasteiger partial charge in [-0.2, -0.15) is 4.39 Å². The van der Waals surface area contributed by atoms with Crippen molar-refractivity contribution in [2.24, 2.45) is 0 Å². The molecule has 0 saturated heterocycles. The summed E-state index contributed by atoms with van der Waals surface area (Å²) < 4.78 is 53.0. The van der Waals surface area contributed by atoms with E-state index < -0.39 is 40.9 Å². The maximum atomic E-state index is 13.6. The largest absolute Gasteiger partial charge is 0.345 e. The molecule has 0 aliphatic heterocycles. The Labute approximate surface area is 117 Å². The van der Waals surface area contributed by atoms with Crippen LogP contribution in [-0.2, 0) is 0 Å². The second kappa shape index (κ2) is 5.90. The molecule has 0 aliphatic rings. The molecule has 0 fully saturated rings. The molecule has 0 aliphatic carbocycles. The van der Waals surface area contributed by atoms with Crippen LogP contribution in [0.4, 0.5) is 17.6 Å². The number of hydrogen-bond donors (Lipinski definition) is 1. The van der Waals surface area contributed by atoms with Crippen LogP contribution in [0.1, 0.15) is 28.9 Å². The number of pyridine rings is 1. The van der Waals surface area contributed by atoms with E-state index in [0.29, 0.717) is 0 Å². The third-order valence-electron chi connectivity index (χ3n) is 2.86. The maximum absolute atomic E-state index is 13.6. The van der Waals surface area contributed by atoms with E-state index in [0.717, 1.165) is 30.5 Å². The average Bonchev–Trinajstić information content (AvgIpc) is 2.44. The van der Waals surface area contributed by atoms with Crippen LogP contribution >= 0.6 is 0 Å². The van der Waals surface area contributed by atoms with Crippen LogP contribution in [0.2, 0.25) is 0 Å². The first-order valence-electron chi connectivity index (χ1n) is 5.96. The van der Waals surface area contributed by atoms with Crippen LogP contribution in [0.15, 0.2) is 30.5 Å². The fraction of sp³-hybridized carbons (Fsp3) is 0.143. The van der Waals surface area contributed by atoms with Gasteiger partial charge in [-0.25, -0.2) is 18.2 Å². The molecule has 3 nitrogen and oxygen atoms in total. The molecule has 1 amide bonds. The first-order valence-corrected chi connectivity index (χ1v) is 5.96. The Morgan fingerprint density at radius 3 is 2.62 bits per heavy atom. The van der Waals surface area contributed by atoms with Crippen molar-refractivity contribution in [2.75, 3.05) is 0 Å². The van der Waals surface area contributed by atoms with E-state index in [-0.39, 0.29) is 5.56 Å². The zero-order valence-electron chi connectivity index (χ0n) is 10.8. The summed E-state index contributed by atoms with van der Waals surface area (Å²) in [6.07, 6.45) is 0.931. The summed E-state index contributed by atoms with van der Waals surface area (Å²) in [5, 5.41) is 2.27. The summed E-state index contributed by atoms with van der Waals surface area (Å²) in [6, 6.07) is 2.83. The van der Waals surface area contributed by atoms with Gasteiger partial charge in [-0.1, -0.05) is 0 Å². The van der Waals surface area contributed by atoms with Crippen molar-refractivity contribution >= 4 is 5.91 Å². The molecule has 110 valence electrons. The minimum Gasteiger partial charge on any atom is -0.345 e. The van der Waals surface area contributed by atoms with E-state index in [4.69, 9.17) is 0 Å². The van der Waals surface area contributed by atoms with Crippen molar-refractivity contribution in [1.29, 1.82) is 0 Å². The second-order valence-electron chi connectivity index (χ2n) is 4.32. The number of hydrogen-bond acceptors (Lipinski definition) is 2. The van der Waals surface area contributed by atoms with Crippen LogP contribution in [0, 0.1) is 23.4 Å². The van der Waals surface area contributed by atoms with Gasteiger partial charge in [0, 0.05) is 11.8 Å². The predicted molar refractivity (Wildman–Crippen MR) is 66.4 cm³/mol. The minimum absolute atomic E-state index is 0.0988. The Bertz CT molecular complexity index is 691. The molecule has 0 radical (unpaired) electrons. The lowest BCUT2D eigenvalue weighted by molar-refractivity contribution is 0.0933. The highest BCUT2D eigenvalue weighted by atomic mass is 19.2. The van der Waals surface area contributed by atoms with Crippen molar-refractivity contribution in [1.82, 2.24) is 10.3 Å². The lowest BCUT2D eigenvalue weighted by Gasteiger charge is -2.15. The molecule has 21 heavy (non-hydrogen) atoms. The Balaban J connectivity index is 2.23. The number of nitrogens with one attached hydrogen (secondary N) is 1. The topological polar surface area (TPSA) is 42.0 Å².